The third-order valence-corrected chi connectivity index (χ3v) is 3.50. The normalized spacial score (nSPS) is 16.1. The minimum absolute atomic E-state index is 0.0724. The monoisotopic (exact) mass is 248 g/mol. The fourth-order valence-electron chi connectivity index (χ4n) is 2.06. The molecule has 1 aliphatic rings. The van der Waals surface area contributed by atoms with Gasteiger partial charge in [-0.1, -0.05) is 6.92 Å². The zero-order valence-electron chi connectivity index (χ0n) is 10.9. The van der Waals surface area contributed by atoms with Gasteiger partial charge in [0.1, 0.15) is 5.75 Å². The van der Waals surface area contributed by atoms with E-state index in [2.05, 4.69) is 12.2 Å². The second-order valence-electron chi connectivity index (χ2n) is 4.98. The van der Waals surface area contributed by atoms with Gasteiger partial charge in [-0.05, 0) is 42.9 Å². The number of anilines is 1. The highest BCUT2D eigenvalue weighted by molar-refractivity contribution is 5.95. The average Bonchev–Trinajstić information content (AvgIpc) is 3.19. The molecular formula is C14H20N2O2. The number of nitrogen functional groups attached to an aromatic ring is 1. The summed E-state index contributed by atoms with van der Waals surface area (Å²) in [5, 5.41) is 2.95. The van der Waals surface area contributed by atoms with E-state index in [4.69, 9.17) is 10.5 Å². The maximum Gasteiger partial charge on any atom is 0.251 e. The third-order valence-electron chi connectivity index (χ3n) is 3.50. The summed E-state index contributed by atoms with van der Waals surface area (Å²) in [6.45, 7) is 2.91. The predicted octanol–water partition coefficient (Wildman–Crippen LogP) is 2.05. The van der Waals surface area contributed by atoms with Crippen molar-refractivity contribution in [2.45, 2.75) is 19.8 Å². The van der Waals surface area contributed by atoms with Crippen molar-refractivity contribution in [1.29, 1.82) is 0 Å². The third kappa shape index (κ3) is 2.94. The van der Waals surface area contributed by atoms with Crippen molar-refractivity contribution in [1.82, 2.24) is 5.32 Å². The number of benzene rings is 1. The van der Waals surface area contributed by atoms with Crippen LogP contribution in [0.15, 0.2) is 18.2 Å². The van der Waals surface area contributed by atoms with Crippen LogP contribution in [0.5, 0.6) is 5.75 Å². The molecule has 2 rings (SSSR count). The number of ether oxygens (including phenoxy) is 1. The molecule has 0 aromatic heterocycles. The quantitative estimate of drug-likeness (QED) is 0.784. The Bertz CT molecular complexity index is 441. The van der Waals surface area contributed by atoms with Crippen molar-refractivity contribution >= 4 is 11.6 Å². The number of hydrogen-bond acceptors (Lipinski definition) is 3. The first-order chi connectivity index (χ1) is 8.61. The number of rotatable bonds is 5. The molecule has 1 aromatic carbocycles. The number of nitrogens with one attached hydrogen (secondary N) is 1. The van der Waals surface area contributed by atoms with Gasteiger partial charge in [0.2, 0.25) is 0 Å². The highest BCUT2D eigenvalue weighted by Gasteiger charge is 2.27. The second-order valence-corrected chi connectivity index (χ2v) is 4.98. The standard InChI is InChI=1S/C14H20N2O2/c1-9(10-3-4-10)8-16-14(17)11-5-6-13(18-2)12(15)7-11/h5-7,9-10H,3-4,8,15H2,1-2H3,(H,16,17). The molecule has 98 valence electrons. The summed E-state index contributed by atoms with van der Waals surface area (Å²) in [6.07, 6.45) is 2.60. The molecule has 0 heterocycles. The van der Waals surface area contributed by atoms with Gasteiger partial charge in [-0.15, -0.1) is 0 Å². The molecule has 0 radical (unpaired) electrons. The van der Waals surface area contributed by atoms with E-state index in [1.165, 1.54) is 12.8 Å². The van der Waals surface area contributed by atoms with Gasteiger partial charge in [-0.2, -0.15) is 0 Å². The van der Waals surface area contributed by atoms with Crippen LogP contribution in [0.2, 0.25) is 0 Å². The molecule has 0 aliphatic heterocycles. The van der Waals surface area contributed by atoms with Crippen LogP contribution in [0.1, 0.15) is 30.1 Å². The van der Waals surface area contributed by atoms with Crippen LogP contribution in [0.4, 0.5) is 5.69 Å². The van der Waals surface area contributed by atoms with Crippen molar-refractivity contribution in [2.24, 2.45) is 11.8 Å². The van der Waals surface area contributed by atoms with Crippen LogP contribution in [0.25, 0.3) is 0 Å². The molecule has 0 spiro atoms. The number of methoxy groups -OCH3 is 1. The first kappa shape index (κ1) is 12.7. The predicted molar refractivity (Wildman–Crippen MR) is 71.6 cm³/mol. The van der Waals surface area contributed by atoms with Crippen LogP contribution in [-0.2, 0) is 0 Å². The van der Waals surface area contributed by atoms with E-state index in [1.807, 2.05) is 0 Å². The molecule has 0 saturated heterocycles. The van der Waals surface area contributed by atoms with Gasteiger partial charge >= 0.3 is 0 Å². The van der Waals surface area contributed by atoms with Crippen molar-refractivity contribution in [3.05, 3.63) is 23.8 Å². The summed E-state index contributed by atoms with van der Waals surface area (Å²) >= 11 is 0. The van der Waals surface area contributed by atoms with E-state index in [0.717, 1.165) is 12.5 Å². The summed E-state index contributed by atoms with van der Waals surface area (Å²) < 4.78 is 5.06. The summed E-state index contributed by atoms with van der Waals surface area (Å²) in [4.78, 5) is 11.9. The Morgan fingerprint density at radius 3 is 2.83 bits per heavy atom. The van der Waals surface area contributed by atoms with Gasteiger partial charge in [0.05, 0.1) is 12.8 Å². The van der Waals surface area contributed by atoms with Gasteiger partial charge in [0.15, 0.2) is 0 Å². The topological polar surface area (TPSA) is 64.3 Å². The summed E-state index contributed by atoms with van der Waals surface area (Å²) in [5.74, 6) is 1.88. The molecule has 1 aromatic rings. The fraction of sp³-hybridized carbons (Fsp3) is 0.500. The lowest BCUT2D eigenvalue weighted by atomic mass is 10.1. The molecule has 1 fully saturated rings. The summed E-state index contributed by atoms with van der Waals surface area (Å²) in [7, 11) is 1.56. The molecule has 1 aliphatic carbocycles. The van der Waals surface area contributed by atoms with E-state index in [-0.39, 0.29) is 5.91 Å². The van der Waals surface area contributed by atoms with Crippen LogP contribution >= 0.6 is 0 Å². The van der Waals surface area contributed by atoms with Crippen LogP contribution < -0.4 is 15.8 Å². The van der Waals surface area contributed by atoms with Crippen LogP contribution in [-0.4, -0.2) is 19.6 Å². The van der Waals surface area contributed by atoms with Crippen LogP contribution in [0, 0.1) is 11.8 Å². The highest BCUT2D eigenvalue weighted by Crippen LogP contribution is 2.36. The molecule has 1 unspecified atom stereocenters. The molecule has 1 saturated carbocycles. The van der Waals surface area contributed by atoms with Gasteiger partial charge in [0, 0.05) is 12.1 Å². The van der Waals surface area contributed by atoms with E-state index >= 15 is 0 Å². The van der Waals surface area contributed by atoms with Crippen molar-refractivity contribution < 1.29 is 9.53 Å². The summed E-state index contributed by atoms with van der Waals surface area (Å²) in [6, 6.07) is 5.09. The molecule has 4 nitrogen and oxygen atoms in total. The number of amides is 1. The molecule has 0 bridgehead atoms. The largest absolute Gasteiger partial charge is 0.495 e. The molecular weight excluding hydrogens is 228 g/mol. The van der Waals surface area contributed by atoms with Crippen molar-refractivity contribution in [3.8, 4) is 5.75 Å². The van der Waals surface area contributed by atoms with Crippen molar-refractivity contribution in [3.63, 3.8) is 0 Å². The zero-order chi connectivity index (χ0) is 13.1. The van der Waals surface area contributed by atoms with Gasteiger partial charge in [-0.3, -0.25) is 4.79 Å². The first-order valence-electron chi connectivity index (χ1n) is 6.33. The van der Waals surface area contributed by atoms with Crippen molar-refractivity contribution in [2.75, 3.05) is 19.4 Å². The lowest BCUT2D eigenvalue weighted by Crippen LogP contribution is -2.29. The second kappa shape index (κ2) is 5.29. The smallest absolute Gasteiger partial charge is 0.251 e. The maximum absolute atomic E-state index is 11.9. The molecule has 3 N–H and O–H groups in total. The van der Waals surface area contributed by atoms with Gasteiger partial charge in [-0.25, -0.2) is 0 Å². The maximum atomic E-state index is 11.9. The lowest BCUT2D eigenvalue weighted by molar-refractivity contribution is 0.0946. The average molecular weight is 248 g/mol. The zero-order valence-corrected chi connectivity index (χ0v) is 10.9. The SMILES string of the molecule is COc1ccc(C(=O)NCC(C)C2CC2)cc1N. The summed E-state index contributed by atoms with van der Waals surface area (Å²) in [5.41, 5.74) is 6.85. The van der Waals surface area contributed by atoms with Crippen LogP contribution in [0.3, 0.4) is 0 Å². The Morgan fingerprint density at radius 2 is 2.28 bits per heavy atom. The minimum Gasteiger partial charge on any atom is -0.495 e. The Kier molecular flexibility index (Phi) is 3.75. The fourth-order valence-corrected chi connectivity index (χ4v) is 2.06. The highest BCUT2D eigenvalue weighted by atomic mass is 16.5. The lowest BCUT2D eigenvalue weighted by Gasteiger charge is -2.12. The molecule has 4 heteroatoms. The Labute approximate surface area is 108 Å². The van der Waals surface area contributed by atoms with E-state index < -0.39 is 0 Å². The Hall–Kier alpha value is -1.71. The van der Waals surface area contributed by atoms with E-state index in [0.29, 0.717) is 22.9 Å². The number of carbonyl (C=O) groups excluding carboxylic acids is 1. The van der Waals surface area contributed by atoms with E-state index in [1.54, 1.807) is 25.3 Å². The van der Waals surface area contributed by atoms with Gasteiger partial charge in [0.25, 0.3) is 5.91 Å². The first-order valence-corrected chi connectivity index (χ1v) is 6.33. The Balaban J connectivity index is 1.93. The Morgan fingerprint density at radius 1 is 1.56 bits per heavy atom. The number of nitrogens with two attached hydrogens (primary N) is 1. The molecule has 1 amide bonds. The number of hydrogen-bond donors (Lipinski definition) is 2. The molecule has 1 atom stereocenters. The van der Waals surface area contributed by atoms with E-state index in [9.17, 15) is 4.79 Å². The molecule has 18 heavy (non-hydrogen) atoms. The van der Waals surface area contributed by atoms with Gasteiger partial charge < -0.3 is 15.8 Å². The number of carbonyl (C=O) groups is 1. The minimum atomic E-state index is -0.0724.